The highest BCUT2D eigenvalue weighted by Crippen LogP contribution is 2.49. The molecule has 28 heavy (non-hydrogen) atoms. The number of ether oxygens (including phenoxy) is 1. The molecule has 1 nitrogen and oxygen atoms in total. The highest BCUT2D eigenvalue weighted by molar-refractivity contribution is 5.55. The van der Waals surface area contributed by atoms with Crippen LogP contribution < -0.4 is 4.74 Å². The first-order chi connectivity index (χ1) is 12.8. The Labute approximate surface area is 175 Å². The van der Waals surface area contributed by atoms with Gasteiger partial charge in [-0.2, -0.15) is 0 Å². The van der Waals surface area contributed by atoms with Gasteiger partial charge < -0.3 is 4.74 Å². The van der Waals surface area contributed by atoms with E-state index in [2.05, 4.69) is 76.2 Å². The summed E-state index contributed by atoms with van der Waals surface area (Å²) < 4.78 is 6.88. The van der Waals surface area contributed by atoms with Gasteiger partial charge >= 0.3 is 0 Å². The van der Waals surface area contributed by atoms with E-state index >= 15 is 0 Å². The van der Waals surface area contributed by atoms with Crippen molar-refractivity contribution in [3.05, 3.63) is 27.8 Å². The van der Waals surface area contributed by atoms with Crippen LogP contribution >= 0.6 is 0 Å². The number of benzene rings is 1. The van der Waals surface area contributed by atoms with Crippen LogP contribution in [0.4, 0.5) is 0 Å². The summed E-state index contributed by atoms with van der Waals surface area (Å²) in [5.74, 6) is 1.95. The molecule has 0 saturated heterocycles. The zero-order chi connectivity index (χ0) is 21.5. The topological polar surface area (TPSA) is 9.23 Å². The van der Waals surface area contributed by atoms with Gasteiger partial charge in [0.2, 0.25) is 0 Å². The van der Waals surface area contributed by atoms with Crippen molar-refractivity contribution in [2.75, 3.05) is 0 Å². The molecule has 1 aliphatic heterocycles. The SMILES string of the molecule is CCC(C)(C)C(C)CCCC(C)(C)C1(C)CCc2c(C)c(C)c(C)c(C)c2O1. The van der Waals surface area contributed by atoms with E-state index in [4.69, 9.17) is 4.74 Å². The maximum Gasteiger partial charge on any atom is 0.126 e. The Bertz CT molecular complexity index is 710. The van der Waals surface area contributed by atoms with E-state index in [1.165, 1.54) is 59.3 Å². The molecule has 1 heteroatoms. The molecule has 1 heterocycles. The maximum atomic E-state index is 6.88. The number of rotatable bonds is 7. The minimum absolute atomic E-state index is 0.0948. The fourth-order valence-electron chi connectivity index (χ4n) is 4.77. The van der Waals surface area contributed by atoms with E-state index in [0.29, 0.717) is 5.41 Å². The standard InChI is InChI=1S/C27H46O/c1-12-25(7,8)18(2)14-13-16-26(9,10)27(11)17-15-23-21(5)19(3)20(4)22(6)24(23)28-27/h18H,12-17H2,1-11H3. The van der Waals surface area contributed by atoms with Crippen molar-refractivity contribution < 1.29 is 4.74 Å². The van der Waals surface area contributed by atoms with Gasteiger partial charge in [0.05, 0.1) is 0 Å². The molecule has 160 valence electrons. The molecule has 0 radical (unpaired) electrons. The lowest BCUT2D eigenvalue weighted by atomic mass is 9.67. The second-order valence-corrected chi connectivity index (χ2v) is 11.2. The maximum absolute atomic E-state index is 6.88. The van der Waals surface area contributed by atoms with E-state index in [-0.39, 0.29) is 11.0 Å². The first-order valence-electron chi connectivity index (χ1n) is 11.6. The lowest BCUT2D eigenvalue weighted by Gasteiger charge is -2.48. The summed E-state index contributed by atoms with van der Waals surface area (Å²) in [6.45, 7) is 25.8. The summed E-state index contributed by atoms with van der Waals surface area (Å²) in [6.07, 6.45) is 7.34. The monoisotopic (exact) mass is 386 g/mol. The lowest BCUT2D eigenvalue weighted by Crippen LogP contribution is -2.49. The van der Waals surface area contributed by atoms with Crippen LogP contribution in [-0.2, 0) is 6.42 Å². The fraction of sp³-hybridized carbons (Fsp3) is 0.778. The summed E-state index contributed by atoms with van der Waals surface area (Å²) in [5.41, 5.74) is 7.59. The third-order valence-electron chi connectivity index (χ3n) is 9.05. The van der Waals surface area contributed by atoms with Crippen LogP contribution in [-0.4, -0.2) is 5.60 Å². The molecule has 2 unspecified atom stereocenters. The van der Waals surface area contributed by atoms with Gasteiger partial charge in [-0.3, -0.25) is 0 Å². The van der Waals surface area contributed by atoms with Crippen LogP contribution in [0.5, 0.6) is 5.75 Å². The Balaban J connectivity index is 2.17. The molecular formula is C27H46O. The van der Waals surface area contributed by atoms with Gasteiger partial charge in [0.1, 0.15) is 11.4 Å². The molecule has 0 fully saturated rings. The van der Waals surface area contributed by atoms with E-state index in [1.54, 1.807) is 0 Å². The summed E-state index contributed by atoms with van der Waals surface area (Å²) in [4.78, 5) is 0. The Morgan fingerprint density at radius 1 is 0.964 bits per heavy atom. The molecule has 1 aromatic carbocycles. The minimum atomic E-state index is -0.0948. The fourth-order valence-corrected chi connectivity index (χ4v) is 4.77. The van der Waals surface area contributed by atoms with Crippen LogP contribution in [0, 0.1) is 44.4 Å². The minimum Gasteiger partial charge on any atom is -0.486 e. The van der Waals surface area contributed by atoms with E-state index in [9.17, 15) is 0 Å². The zero-order valence-electron chi connectivity index (χ0n) is 20.7. The summed E-state index contributed by atoms with van der Waals surface area (Å²) in [5, 5.41) is 0. The quantitative estimate of drug-likeness (QED) is 0.458. The van der Waals surface area contributed by atoms with E-state index in [0.717, 1.165) is 18.8 Å². The molecular weight excluding hydrogens is 340 g/mol. The van der Waals surface area contributed by atoms with Gasteiger partial charge in [0, 0.05) is 5.41 Å². The summed E-state index contributed by atoms with van der Waals surface area (Å²) in [7, 11) is 0. The molecule has 2 atom stereocenters. The molecule has 1 aliphatic rings. The molecule has 0 bridgehead atoms. The Hall–Kier alpha value is -0.980. The summed E-state index contributed by atoms with van der Waals surface area (Å²) >= 11 is 0. The van der Waals surface area contributed by atoms with Crippen molar-refractivity contribution in [3.8, 4) is 5.75 Å². The van der Waals surface area contributed by atoms with E-state index < -0.39 is 0 Å². The van der Waals surface area contributed by atoms with Crippen molar-refractivity contribution >= 4 is 0 Å². The van der Waals surface area contributed by atoms with Crippen molar-refractivity contribution in [2.24, 2.45) is 16.7 Å². The number of hydrogen-bond donors (Lipinski definition) is 0. The third kappa shape index (κ3) is 4.14. The van der Waals surface area contributed by atoms with Crippen LogP contribution in [0.15, 0.2) is 0 Å². The van der Waals surface area contributed by atoms with Crippen LogP contribution in [0.25, 0.3) is 0 Å². The predicted molar refractivity (Wildman–Crippen MR) is 124 cm³/mol. The van der Waals surface area contributed by atoms with Gasteiger partial charge in [-0.15, -0.1) is 0 Å². The van der Waals surface area contributed by atoms with Crippen LogP contribution in [0.1, 0.15) is 108 Å². The van der Waals surface area contributed by atoms with Gasteiger partial charge in [0.15, 0.2) is 0 Å². The van der Waals surface area contributed by atoms with Crippen LogP contribution in [0.3, 0.4) is 0 Å². The molecule has 0 saturated carbocycles. The Kier molecular flexibility index (Phi) is 6.69. The average Bonchev–Trinajstić information content (AvgIpc) is 2.64. The second kappa shape index (κ2) is 8.04. The third-order valence-corrected chi connectivity index (χ3v) is 9.05. The van der Waals surface area contributed by atoms with Gasteiger partial charge in [0.25, 0.3) is 0 Å². The Morgan fingerprint density at radius 3 is 2.11 bits per heavy atom. The van der Waals surface area contributed by atoms with Gasteiger partial charge in [-0.25, -0.2) is 0 Å². The van der Waals surface area contributed by atoms with Crippen molar-refractivity contribution in [1.29, 1.82) is 0 Å². The average molecular weight is 387 g/mol. The summed E-state index contributed by atoms with van der Waals surface area (Å²) in [6, 6.07) is 0. The van der Waals surface area contributed by atoms with Gasteiger partial charge in [-0.1, -0.05) is 60.8 Å². The largest absolute Gasteiger partial charge is 0.486 e. The van der Waals surface area contributed by atoms with Crippen molar-refractivity contribution in [2.45, 2.75) is 120 Å². The zero-order valence-corrected chi connectivity index (χ0v) is 20.7. The smallest absolute Gasteiger partial charge is 0.126 e. The molecule has 1 aromatic rings. The molecule has 0 spiro atoms. The number of fused-ring (bicyclic) bond motifs is 1. The number of hydrogen-bond acceptors (Lipinski definition) is 1. The molecule has 0 aromatic heterocycles. The van der Waals surface area contributed by atoms with E-state index in [1.807, 2.05) is 0 Å². The Morgan fingerprint density at radius 2 is 1.54 bits per heavy atom. The molecule has 2 rings (SSSR count). The second-order valence-electron chi connectivity index (χ2n) is 11.2. The highest BCUT2D eigenvalue weighted by atomic mass is 16.5. The lowest BCUT2D eigenvalue weighted by molar-refractivity contribution is -0.0503. The molecule has 0 N–H and O–H groups in total. The van der Waals surface area contributed by atoms with Gasteiger partial charge in [-0.05, 0) is 93.0 Å². The normalized spacial score (nSPS) is 21.2. The first-order valence-corrected chi connectivity index (χ1v) is 11.6. The predicted octanol–water partition coefficient (Wildman–Crippen LogP) is 8.27. The van der Waals surface area contributed by atoms with Crippen molar-refractivity contribution in [1.82, 2.24) is 0 Å². The molecule has 0 amide bonds. The first kappa shape index (κ1) is 23.3. The molecule has 0 aliphatic carbocycles. The van der Waals surface area contributed by atoms with Crippen LogP contribution in [0.2, 0.25) is 0 Å². The van der Waals surface area contributed by atoms with Crippen molar-refractivity contribution in [3.63, 3.8) is 0 Å². The highest BCUT2D eigenvalue weighted by Gasteiger charge is 2.45.